The monoisotopic (exact) mass is 270 g/mol. The summed E-state index contributed by atoms with van der Waals surface area (Å²) in [4.78, 5) is 8.71. The van der Waals surface area contributed by atoms with Crippen molar-refractivity contribution in [2.45, 2.75) is 53.4 Å². The largest absolute Gasteiger partial charge is 0.237 e. The lowest BCUT2D eigenvalue weighted by atomic mass is 9.87. The van der Waals surface area contributed by atoms with Crippen LogP contribution in [0, 0.1) is 6.92 Å². The van der Waals surface area contributed by atoms with Crippen molar-refractivity contribution in [1.82, 2.24) is 9.97 Å². The highest BCUT2D eigenvalue weighted by molar-refractivity contribution is 5.55. The van der Waals surface area contributed by atoms with Gasteiger partial charge >= 0.3 is 0 Å². The van der Waals surface area contributed by atoms with E-state index in [1.807, 2.05) is 13.0 Å². The summed E-state index contributed by atoms with van der Waals surface area (Å²) in [7, 11) is 0. The number of aryl methyl sites for hydroxylation is 1. The molecule has 20 heavy (non-hydrogen) atoms. The molecule has 0 N–H and O–H groups in total. The van der Waals surface area contributed by atoms with E-state index in [0.717, 1.165) is 17.1 Å². The molecule has 2 heteroatoms. The lowest BCUT2D eigenvalue weighted by molar-refractivity contribution is 0.590. The van der Waals surface area contributed by atoms with Gasteiger partial charge in [-0.1, -0.05) is 65.3 Å². The minimum atomic E-state index is 0.186. The van der Waals surface area contributed by atoms with Gasteiger partial charge in [0, 0.05) is 17.5 Å². The fraction of sp³-hybridized carbons (Fsp3) is 0.444. The second-order valence-electron chi connectivity index (χ2n) is 6.06. The average molecular weight is 270 g/mol. The molecule has 108 valence electrons. The van der Waals surface area contributed by atoms with Gasteiger partial charge in [0.05, 0.1) is 0 Å². The fourth-order valence-electron chi connectivity index (χ4n) is 1.71. The van der Waals surface area contributed by atoms with Crippen LogP contribution in [0.15, 0.2) is 36.5 Å². The summed E-state index contributed by atoms with van der Waals surface area (Å²) in [5.41, 5.74) is 3.58. The lowest BCUT2D eigenvalue weighted by Gasteiger charge is -2.18. The van der Waals surface area contributed by atoms with Gasteiger partial charge in [-0.25, -0.2) is 9.97 Å². The van der Waals surface area contributed by atoms with Crippen molar-refractivity contribution in [3.8, 4) is 11.4 Å². The van der Waals surface area contributed by atoms with Crippen molar-refractivity contribution in [3.63, 3.8) is 0 Å². The summed E-state index contributed by atoms with van der Waals surface area (Å²) >= 11 is 0. The number of hydrogen-bond donors (Lipinski definition) is 0. The molecule has 2 rings (SSSR count). The van der Waals surface area contributed by atoms with Gasteiger partial charge in [-0.05, 0) is 24.0 Å². The summed E-state index contributed by atoms with van der Waals surface area (Å²) in [5.74, 6) is 0.797. The van der Waals surface area contributed by atoms with Crippen molar-refractivity contribution < 1.29 is 0 Å². The second-order valence-corrected chi connectivity index (χ2v) is 6.06. The van der Waals surface area contributed by atoms with Crippen LogP contribution >= 0.6 is 0 Å². The summed E-state index contributed by atoms with van der Waals surface area (Å²) in [6.45, 7) is 12.9. The van der Waals surface area contributed by atoms with E-state index in [2.05, 4.69) is 68.9 Å². The van der Waals surface area contributed by atoms with E-state index in [1.165, 1.54) is 12.0 Å². The number of rotatable bonds is 1. The Kier molecular flexibility index (Phi) is 5.87. The molecular formula is C18H26N2. The number of benzene rings is 1. The molecule has 0 unspecified atom stereocenters. The molecule has 0 aliphatic rings. The fourth-order valence-corrected chi connectivity index (χ4v) is 1.71. The standard InChI is InChI=1S/C15H18N2.C3H8/c1-11-9-10-16-14(17-11)12-5-7-13(8-6-12)15(2,3)4;1-3-2/h5-10H,1-4H3;3H2,1-2H3. The Morgan fingerprint density at radius 3 is 1.95 bits per heavy atom. The van der Waals surface area contributed by atoms with Crippen LogP contribution in [0.2, 0.25) is 0 Å². The third-order valence-electron chi connectivity index (χ3n) is 2.80. The van der Waals surface area contributed by atoms with Crippen molar-refractivity contribution in [1.29, 1.82) is 0 Å². The van der Waals surface area contributed by atoms with Crippen LogP contribution in [0.4, 0.5) is 0 Å². The molecule has 0 atom stereocenters. The Labute approximate surface area is 123 Å². The van der Waals surface area contributed by atoms with E-state index < -0.39 is 0 Å². The Morgan fingerprint density at radius 2 is 1.50 bits per heavy atom. The third-order valence-corrected chi connectivity index (χ3v) is 2.80. The van der Waals surface area contributed by atoms with Gasteiger partial charge in [-0.15, -0.1) is 0 Å². The van der Waals surface area contributed by atoms with E-state index in [1.54, 1.807) is 6.20 Å². The van der Waals surface area contributed by atoms with E-state index in [4.69, 9.17) is 0 Å². The molecule has 2 nitrogen and oxygen atoms in total. The molecule has 1 aromatic carbocycles. The van der Waals surface area contributed by atoms with Gasteiger partial charge in [-0.2, -0.15) is 0 Å². The summed E-state index contributed by atoms with van der Waals surface area (Å²) in [6, 6.07) is 10.4. The van der Waals surface area contributed by atoms with E-state index >= 15 is 0 Å². The predicted octanol–water partition coefficient (Wildman–Crippen LogP) is 5.17. The highest BCUT2D eigenvalue weighted by atomic mass is 14.9. The first-order chi connectivity index (χ1) is 9.38. The van der Waals surface area contributed by atoms with Crippen LogP contribution in [-0.4, -0.2) is 9.97 Å². The minimum absolute atomic E-state index is 0.186. The molecule has 0 fully saturated rings. The van der Waals surface area contributed by atoms with E-state index in [9.17, 15) is 0 Å². The Bertz CT molecular complexity index is 522. The second kappa shape index (κ2) is 7.18. The molecule has 0 spiro atoms. The van der Waals surface area contributed by atoms with Gasteiger partial charge in [0.15, 0.2) is 5.82 Å². The SMILES string of the molecule is CCC.Cc1ccnc(-c2ccc(C(C)(C)C)cc2)n1. The summed E-state index contributed by atoms with van der Waals surface area (Å²) < 4.78 is 0. The number of nitrogens with zero attached hydrogens (tertiary/aromatic N) is 2. The zero-order valence-corrected chi connectivity index (χ0v) is 13.6. The molecule has 1 heterocycles. The molecule has 0 saturated carbocycles. The molecule has 2 aromatic rings. The van der Waals surface area contributed by atoms with Gasteiger partial charge in [-0.3, -0.25) is 0 Å². The molecule has 0 radical (unpaired) electrons. The maximum Gasteiger partial charge on any atom is 0.159 e. The quantitative estimate of drug-likeness (QED) is 0.714. The minimum Gasteiger partial charge on any atom is -0.237 e. The van der Waals surface area contributed by atoms with Crippen LogP contribution in [0.25, 0.3) is 11.4 Å². The Morgan fingerprint density at radius 1 is 0.950 bits per heavy atom. The van der Waals surface area contributed by atoms with Crippen LogP contribution < -0.4 is 0 Å². The van der Waals surface area contributed by atoms with Crippen LogP contribution in [0.5, 0.6) is 0 Å². The lowest BCUT2D eigenvalue weighted by Crippen LogP contribution is -2.10. The highest BCUT2D eigenvalue weighted by Gasteiger charge is 2.13. The maximum atomic E-state index is 4.42. The van der Waals surface area contributed by atoms with Crippen LogP contribution in [-0.2, 0) is 5.41 Å². The van der Waals surface area contributed by atoms with E-state index in [0.29, 0.717) is 0 Å². The van der Waals surface area contributed by atoms with Crippen molar-refractivity contribution in [2.24, 2.45) is 0 Å². The topological polar surface area (TPSA) is 25.8 Å². The summed E-state index contributed by atoms with van der Waals surface area (Å²) in [6.07, 6.45) is 3.05. The maximum absolute atomic E-state index is 4.42. The molecular weight excluding hydrogens is 244 g/mol. The van der Waals surface area contributed by atoms with Crippen molar-refractivity contribution in [2.75, 3.05) is 0 Å². The van der Waals surface area contributed by atoms with Crippen molar-refractivity contribution in [3.05, 3.63) is 47.8 Å². The smallest absolute Gasteiger partial charge is 0.159 e. The van der Waals surface area contributed by atoms with Gasteiger partial charge < -0.3 is 0 Å². The zero-order chi connectivity index (χ0) is 15.2. The molecule has 1 aromatic heterocycles. The summed E-state index contributed by atoms with van der Waals surface area (Å²) in [5, 5.41) is 0. The van der Waals surface area contributed by atoms with Gasteiger partial charge in [0.1, 0.15) is 0 Å². The molecule has 0 bridgehead atoms. The number of hydrogen-bond acceptors (Lipinski definition) is 2. The molecule has 0 aliphatic heterocycles. The first kappa shape index (κ1) is 16.4. The van der Waals surface area contributed by atoms with Crippen molar-refractivity contribution >= 4 is 0 Å². The van der Waals surface area contributed by atoms with Gasteiger partial charge in [0.25, 0.3) is 0 Å². The van der Waals surface area contributed by atoms with Crippen LogP contribution in [0.3, 0.4) is 0 Å². The average Bonchev–Trinajstić information content (AvgIpc) is 2.39. The number of aromatic nitrogens is 2. The predicted molar refractivity (Wildman–Crippen MR) is 86.9 cm³/mol. The molecule has 0 saturated heterocycles. The van der Waals surface area contributed by atoms with Gasteiger partial charge in [0.2, 0.25) is 0 Å². The normalized spacial score (nSPS) is 10.7. The first-order valence-corrected chi connectivity index (χ1v) is 7.29. The molecule has 0 aliphatic carbocycles. The molecule has 0 amide bonds. The third kappa shape index (κ3) is 4.76. The Balaban J connectivity index is 0.000000612. The first-order valence-electron chi connectivity index (χ1n) is 7.29. The van der Waals surface area contributed by atoms with E-state index in [-0.39, 0.29) is 5.41 Å². The Hall–Kier alpha value is -1.70. The zero-order valence-electron chi connectivity index (χ0n) is 13.6. The van der Waals surface area contributed by atoms with Crippen LogP contribution in [0.1, 0.15) is 52.3 Å². The highest BCUT2D eigenvalue weighted by Crippen LogP contribution is 2.24.